The van der Waals surface area contributed by atoms with E-state index in [4.69, 9.17) is 4.74 Å². The lowest BCUT2D eigenvalue weighted by Crippen LogP contribution is -2.09. The van der Waals surface area contributed by atoms with Crippen molar-refractivity contribution in [2.75, 3.05) is 25.6 Å². The number of ether oxygens (including phenoxy) is 1. The van der Waals surface area contributed by atoms with Crippen LogP contribution in [0.1, 0.15) is 17.3 Å². The van der Waals surface area contributed by atoms with Crippen molar-refractivity contribution >= 4 is 11.5 Å². The predicted molar refractivity (Wildman–Crippen MR) is 56.8 cm³/mol. The standard InChI is InChI=1S/C11H14FNO2/c1-8(14)9-3-4-10(12)11(7-9)13-5-6-15-2/h3-4,7,13H,5-6H2,1-2H3. The zero-order valence-corrected chi connectivity index (χ0v) is 8.84. The van der Waals surface area contributed by atoms with Gasteiger partial charge in [-0.15, -0.1) is 0 Å². The highest BCUT2D eigenvalue weighted by atomic mass is 19.1. The zero-order valence-electron chi connectivity index (χ0n) is 8.84. The molecule has 0 amide bonds. The van der Waals surface area contributed by atoms with Crippen molar-refractivity contribution in [3.05, 3.63) is 29.6 Å². The van der Waals surface area contributed by atoms with E-state index < -0.39 is 0 Å². The number of anilines is 1. The summed E-state index contributed by atoms with van der Waals surface area (Å²) in [6.07, 6.45) is 0. The fourth-order valence-corrected chi connectivity index (χ4v) is 1.17. The van der Waals surface area contributed by atoms with Crippen molar-refractivity contribution in [1.29, 1.82) is 0 Å². The molecule has 0 unspecified atom stereocenters. The van der Waals surface area contributed by atoms with Crippen LogP contribution >= 0.6 is 0 Å². The Balaban J connectivity index is 2.76. The Morgan fingerprint density at radius 2 is 2.27 bits per heavy atom. The van der Waals surface area contributed by atoms with Crippen LogP contribution in [0.15, 0.2) is 18.2 Å². The van der Waals surface area contributed by atoms with Gasteiger partial charge in [-0.05, 0) is 25.1 Å². The first-order chi connectivity index (χ1) is 7.15. The summed E-state index contributed by atoms with van der Waals surface area (Å²) in [5.41, 5.74) is 0.830. The molecule has 15 heavy (non-hydrogen) atoms. The lowest BCUT2D eigenvalue weighted by Gasteiger charge is -2.07. The highest BCUT2D eigenvalue weighted by Gasteiger charge is 2.05. The number of nitrogens with one attached hydrogen (secondary N) is 1. The second-order valence-corrected chi connectivity index (χ2v) is 3.17. The minimum absolute atomic E-state index is 0.0789. The number of halogens is 1. The molecular formula is C11H14FNO2. The van der Waals surface area contributed by atoms with Crippen LogP contribution in [0.5, 0.6) is 0 Å². The number of carbonyl (C=O) groups excluding carboxylic acids is 1. The summed E-state index contributed by atoms with van der Waals surface area (Å²) in [5, 5.41) is 2.86. The normalized spacial score (nSPS) is 10.1. The number of carbonyl (C=O) groups is 1. The van der Waals surface area contributed by atoms with Crippen LogP contribution in [-0.2, 0) is 4.74 Å². The molecule has 0 fully saturated rings. The van der Waals surface area contributed by atoms with Gasteiger partial charge in [0.1, 0.15) is 5.82 Å². The third kappa shape index (κ3) is 3.32. The summed E-state index contributed by atoms with van der Waals surface area (Å²) in [6, 6.07) is 4.26. The lowest BCUT2D eigenvalue weighted by molar-refractivity contribution is 0.101. The van der Waals surface area contributed by atoms with E-state index in [1.54, 1.807) is 7.11 Å². The van der Waals surface area contributed by atoms with Crippen molar-refractivity contribution in [2.45, 2.75) is 6.92 Å². The summed E-state index contributed by atoms with van der Waals surface area (Å²) in [5.74, 6) is -0.444. The van der Waals surface area contributed by atoms with E-state index in [1.807, 2.05) is 0 Å². The third-order valence-corrected chi connectivity index (χ3v) is 1.99. The van der Waals surface area contributed by atoms with E-state index in [-0.39, 0.29) is 11.6 Å². The molecule has 1 aromatic carbocycles. The second kappa shape index (κ2) is 5.46. The van der Waals surface area contributed by atoms with Crippen LogP contribution in [0, 0.1) is 5.82 Å². The Morgan fingerprint density at radius 1 is 1.53 bits per heavy atom. The number of benzene rings is 1. The topological polar surface area (TPSA) is 38.3 Å². The Labute approximate surface area is 88.2 Å². The fraction of sp³-hybridized carbons (Fsp3) is 0.364. The zero-order chi connectivity index (χ0) is 11.3. The first-order valence-corrected chi connectivity index (χ1v) is 4.68. The van der Waals surface area contributed by atoms with Gasteiger partial charge < -0.3 is 10.1 Å². The van der Waals surface area contributed by atoms with Crippen LogP contribution in [0.4, 0.5) is 10.1 Å². The van der Waals surface area contributed by atoms with Gasteiger partial charge in [0.15, 0.2) is 5.78 Å². The Kier molecular flexibility index (Phi) is 4.24. The molecule has 0 aliphatic rings. The molecule has 0 saturated heterocycles. The number of ketones is 1. The SMILES string of the molecule is COCCNc1cc(C(C)=O)ccc1F. The minimum atomic E-state index is -0.365. The summed E-state index contributed by atoms with van der Waals surface area (Å²) >= 11 is 0. The predicted octanol–water partition coefficient (Wildman–Crippen LogP) is 2.09. The van der Waals surface area contributed by atoms with Gasteiger partial charge in [-0.2, -0.15) is 0 Å². The van der Waals surface area contributed by atoms with E-state index in [0.29, 0.717) is 24.4 Å². The molecule has 0 radical (unpaired) electrons. The van der Waals surface area contributed by atoms with Crippen molar-refractivity contribution in [2.24, 2.45) is 0 Å². The Bertz CT molecular complexity index is 352. The monoisotopic (exact) mass is 211 g/mol. The summed E-state index contributed by atoms with van der Waals surface area (Å²) in [6.45, 7) is 2.45. The van der Waals surface area contributed by atoms with Crippen LogP contribution in [0.3, 0.4) is 0 Å². The Morgan fingerprint density at radius 3 is 2.87 bits per heavy atom. The smallest absolute Gasteiger partial charge is 0.159 e. The van der Waals surface area contributed by atoms with Gasteiger partial charge in [0.2, 0.25) is 0 Å². The van der Waals surface area contributed by atoms with Crippen LogP contribution < -0.4 is 5.32 Å². The lowest BCUT2D eigenvalue weighted by atomic mass is 10.1. The molecule has 0 aliphatic carbocycles. The van der Waals surface area contributed by atoms with E-state index >= 15 is 0 Å². The summed E-state index contributed by atoms with van der Waals surface area (Å²) in [7, 11) is 1.57. The number of hydrogen-bond donors (Lipinski definition) is 1. The van der Waals surface area contributed by atoms with Gasteiger partial charge in [-0.3, -0.25) is 4.79 Å². The summed E-state index contributed by atoms with van der Waals surface area (Å²) in [4.78, 5) is 11.1. The van der Waals surface area contributed by atoms with Gasteiger partial charge in [-0.1, -0.05) is 0 Å². The van der Waals surface area contributed by atoms with Crippen molar-refractivity contribution < 1.29 is 13.9 Å². The molecule has 0 aliphatic heterocycles. The quantitative estimate of drug-likeness (QED) is 0.598. The van der Waals surface area contributed by atoms with Gasteiger partial charge >= 0.3 is 0 Å². The van der Waals surface area contributed by atoms with Gasteiger partial charge in [-0.25, -0.2) is 4.39 Å². The second-order valence-electron chi connectivity index (χ2n) is 3.17. The molecule has 0 bridgehead atoms. The van der Waals surface area contributed by atoms with Crippen LogP contribution in [0.2, 0.25) is 0 Å². The number of Topliss-reactive ketones (excluding diaryl/α,β-unsaturated/α-hetero) is 1. The molecule has 0 heterocycles. The minimum Gasteiger partial charge on any atom is -0.383 e. The maximum absolute atomic E-state index is 13.2. The van der Waals surface area contributed by atoms with E-state index in [9.17, 15) is 9.18 Å². The largest absolute Gasteiger partial charge is 0.383 e. The van der Waals surface area contributed by atoms with Gasteiger partial charge in [0.25, 0.3) is 0 Å². The van der Waals surface area contributed by atoms with Crippen LogP contribution in [0.25, 0.3) is 0 Å². The third-order valence-electron chi connectivity index (χ3n) is 1.99. The number of hydrogen-bond acceptors (Lipinski definition) is 3. The average molecular weight is 211 g/mol. The molecular weight excluding hydrogens is 197 g/mol. The molecule has 82 valence electrons. The Hall–Kier alpha value is -1.42. The molecule has 1 rings (SSSR count). The number of methoxy groups -OCH3 is 1. The van der Waals surface area contributed by atoms with Crippen molar-refractivity contribution in [3.8, 4) is 0 Å². The molecule has 1 aromatic rings. The molecule has 1 N–H and O–H groups in total. The maximum atomic E-state index is 13.2. The maximum Gasteiger partial charge on any atom is 0.159 e. The van der Waals surface area contributed by atoms with Gasteiger partial charge in [0, 0.05) is 19.2 Å². The van der Waals surface area contributed by atoms with Gasteiger partial charge in [0.05, 0.1) is 12.3 Å². The molecule has 4 heteroatoms. The molecule has 0 spiro atoms. The van der Waals surface area contributed by atoms with Crippen molar-refractivity contribution in [1.82, 2.24) is 0 Å². The summed E-state index contributed by atoms with van der Waals surface area (Å²) < 4.78 is 18.1. The molecule has 3 nitrogen and oxygen atoms in total. The fourth-order valence-electron chi connectivity index (χ4n) is 1.17. The molecule has 0 atom stereocenters. The van der Waals surface area contributed by atoms with Crippen LogP contribution in [-0.4, -0.2) is 26.0 Å². The van der Waals surface area contributed by atoms with E-state index in [1.165, 1.54) is 25.1 Å². The first-order valence-electron chi connectivity index (χ1n) is 4.68. The highest BCUT2D eigenvalue weighted by Crippen LogP contribution is 2.16. The average Bonchev–Trinajstić information content (AvgIpc) is 2.20. The molecule has 0 aromatic heterocycles. The van der Waals surface area contributed by atoms with Crippen molar-refractivity contribution in [3.63, 3.8) is 0 Å². The van der Waals surface area contributed by atoms with E-state index in [0.717, 1.165) is 0 Å². The van der Waals surface area contributed by atoms with E-state index in [2.05, 4.69) is 5.32 Å². The number of rotatable bonds is 5. The first kappa shape index (κ1) is 11.7. The highest BCUT2D eigenvalue weighted by molar-refractivity contribution is 5.94. The molecule has 0 saturated carbocycles.